The van der Waals surface area contributed by atoms with Gasteiger partial charge in [0.2, 0.25) is 5.91 Å². The van der Waals surface area contributed by atoms with E-state index in [2.05, 4.69) is 10.1 Å². The fraction of sp³-hybridized carbons (Fsp3) is 0.632. The second-order valence-electron chi connectivity index (χ2n) is 7.45. The molecule has 2 atom stereocenters. The number of alkyl halides is 3. The Balaban J connectivity index is 0.00000392. The van der Waals surface area contributed by atoms with E-state index in [0.717, 1.165) is 5.56 Å². The topological polar surface area (TPSA) is 73.6 Å². The molecule has 1 fully saturated rings. The van der Waals surface area contributed by atoms with Crippen molar-refractivity contribution in [3.8, 4) is 0 Å². The summed E-state index contributed by atoms with van der Waals surface area (Å²) < 4.78 is 46.4. The summed E-state index contributed by atoms with van der Waals surface area (Å²) in [5.74, 6) is -0.235. The molecule has 9 heteroatoms. The number of halogens is 4. The van der Waals surface area contributed by atoms with Crippen molar-refractivity contribution in [1.82, 2.24) is 5.32 Å². The van der Waals surface area contributed by atoms with Gasteiger partial charge >= 0.3 is 6.18 Å². The molecule has 0 heterocycles. The van der Waals surface area contributed by atoms with Gasteiger partial charge in [0.15, 0.2) is 0 Å². The van der Waals surface area contributed by atoms with E-state index in [-0.39, 0.29) is 37.6 Å². The zero-order valence-electron chi connectivity index (χ0n) is 16.3. The van der Waals surface area contributed by atoms with Crippen LogP contribution in [0.1, 0.15) is 38.3 Å². The molecule has 0 radical (unpaired) electrons. The summed E-state index contributed by atoms with van der Waals surface area (Å²) in [6.07, 6.45) is -3.91. The number of hydrogen-bond donors (Lipinski definition) is 2. The van der Waals surface area contributed by atoms with Gasteiger partial charge in [0, 0.05) is 25.0 Å². The quantitative estimate of drug-likeness (QED) is 0.671. The first-order valence-corrected chi connectivity index (χ1v) is 8.90. The molecule has 1 aliphatic rings. The molecular weight excluding hydrogens is 397 g/mol. The lowest BCUT2D eigenvalue weighted by atomic mass is 9.54. The van der Waals surface area contributed by atoms with Crippen molar-refractivity contribution in [2.75, 3.05) is 13.2 Å². The van der Waals surface area contributed by atoms with Crippen LogP contribution in [0, 0.1) is 5.41 Å². The monoisotopic (exact) mass is 424 g/mol. The van der Waals surface area contributed by atoms with Crippen LogP contribution in [0.3, 0.4) is 0 Å². The van der Waals surface area contributed by atoms with Gasteiger partial charge in [-0.25, -0.2) is 0 Å². The number of hydrogen-bond acceptors (Lipinski definition) is 4. The molecule has 0 aromatic heterocycles. The number of carbonyl (C=O) groups is 1. The van der Waals surface area contributed by atoms with E-state index in [1.165, 1.54) is 0 Å². The Labute approximate surface area is 169 Å². The molecule has 28 heavy (non-hydrogen) atoms. The highest BCUT2D eigenvalue weighted by molar-refractivity contribution is 5.88. The average Bonchev–Trinajstić information content (AvgIpc) is 2.59. The largest absolute Gasteiger partial charge is 0.411 e. The summed E-state index contributed by atoms with van der Waals surface area (Å²) in [6, 6.07) is 6.83. The molecule has 3 N–H and O–H groups in total. The average molecular weight is 425 g/mol. The van der Waals surface area contributed by atoms with Crippen molar-refractivity contribution in [2.45, 2.75) is 58.2 Å². The second-order valence-corrected chi connectivity index (χ2v) is 7.45. The van der Waals surface area contributed by atoms with Gasteiger partial charge in [-0.2, -0.15) is 13.2 Å². The molecule has 1 saturated carbocycles. The Hall–Kier alpha value is -1.35. The summed E-state index contributed by atoms with van der Waals surface area (Å²) in [5, 5.41) is 2.84. The Morgan fingerprint density at radius 1 is 1.25 bits per heavy atom. The van der Waals surface area contributed by atoms with Crippen LogP contribution in [0.15, 0.2) is 24.3 Å². The molecule has 0 bridgehead atoms. The minimum Gasteiger partial charge on any atom is -0.378 e. The molecule has 1 amide bonds. The van der Waals surface area contributed by atoms with E-state index in [9.17, 15) is 18.0 Å². The summed E-state index contributed by atoms with van der Waals surface area (Å²) in [6.45, 7) is 5.22. The lowest BCUT2D eigenvalue weighted by Gasteiger charge is -2.57. The van der Waals surface area contributed by atoms with Gasteiger partial charge < -0.3 is 20.5 Å². The Morgan fingerprint density at radius 2 is 1.82 bits per heavy atom. The van der Waals surface area contributed by atoms with Crippen LogP contribution >= 0.6 is 12.4 Å². The van der Waals surface area contributed by atoms with Gasteiger partial charge in [-0.1, -0.05) is 38.1 Å². The lowest BCUT2D eigenvalue weighted by Crippen LogP contribution is -2.75. The van der Waals surface area contributed by atoms with Gasteiger partial charge in [0.25, 0.3) is 0 Å². The van der Waals surface area contributed by atoms with Crippen LogP contribution in [0.4, 0.5) is 13.2 Å². The van der Waals surface area contributed by atoms with Gasteiger partial charge in [0.05, 0.1) is 12.7 Å². The molecule has 2 rings (SSSR count). The van der Waals surface area contributed by atoms with E-state index < -0.39 is 23.7 Å². The van der Waals surface area contributed by atoms with Gasteiger partial charge in [0.1, 0.15) is 12.1 Å². The predicted octanol–water partition coefficient (Wildman–Crippen LogP) is 3.34. The summed E-state index contributed by atoms with van der Waals surface area (Å²) in [5.41, 5.74) is 6.32. The van der Waals surface area contributed by atoms with Crippen LogP contribution in [-0.4, -0.2) is 36.9 Å². The minimum atomic E-state index is -4.33. The van der Waals surface area contributed by atoms with Crippen LogP contribution in [0.2, 0.25) is 0 Å². The first kappa shape index (κ1) is 24.7. The minimum absolute atomic E-state index is 0. The molecule has 2 unspecified atom stereocenters. The smallest absolute Gasteiger partial charge is 0.378 e. The maximum atomic E-state index is 12.6. The summed E-state index contributed by atoms with van der Waals surface area (Å²) >= 11 is 0. The van der Waals surface area contributed by atoms with E-state index in [0.29, 0.717) is 18.6 Å². The Bertz CT molecular complexity index is 653. The summed E-state index contributed by atoms with van der Waals surface area (Å²) in [7, 11) is 0. The van der Waals surface area contributed by atoms with Crippen molar-refractivity contribution in [3.63, 3.8) is 0 Å². The van der Waals surface area contributed by atoms with Gasteiger partial charge in [-0.15, -0.1) is 12.4 Å². The Kier molecular flexibility index (Phi) is 8.32. The maximum Gasteiger partial charge on any atom is 0.411 e. The molecule has 0 saturated heterocycles. The first-order chi connectivity index (χ1) is 12.5. The zero-order valence-corrected chi connectivity index (χ0v) is 17.1. The van der Waals surface area contributed by atoms with Crippen molar-refractivity contribution >= 4 is 18.3 Å². The highest BCUT2D eigenvalue weighted by atomic mass is 35.5. The van der Waals surface area contributed by atoms with Crippen molar-refractivity contribution in [3.05, 3.63) is 35.4 Å². The van der Waals surface area contributed by atoms with E-state index in [4.69, 9.17) is 10.5 Å². The van der Waals surface area contributed by atoms with Crippen molar-refractivity contribution in [1.29, 1.82) is 0 Å². The highest BCUT2D eigenvalue weighted by Crippen LogP contribution is 2.49. The molecule has 1 aliphatic carbocycles. The number of nitrogens with two attached hydrogens (primary N) is 1. The molecule has 1 aromatic carbocycles. The van der Waals surface area contributed by atoms with E-state index in [1.54, 1.807) is 24.3 Å². The third kappa shape index (κ3) is 5.59. The molecule has 1 aromatic rings. The lowest BCUT2D eigenvalue weighted by molar-refractivity contribution is -0.176. The maximum absolute atomic E-state index is 12.6. The number of nitrogens with one attached hydrogen (secondary N) is 1. The number of rotatable bonds is 8. The third-order valence-corrected chi connectivity index (χ3v) is 5.25. The fourth-order valence-corrected chi connectivity index (χ4v) is 3.20. The molecule has 160 valence electrons. The van der Waals surface area contributed by atoms with Gasteiger partial charge in [-0.3, -0.25) is 4.79 Å². The summed E-state index contributed by atoms with van der Waals surface area (Å²) in [4.78, 5) is 12.6. The number of benzene rings is 1. The molecule has 0 aliphatic heterocycles. The van der Waals surface area contributed by atoms with E-state index >= 15 is 0 Å². The molecular formula is C19H28ClF3N2O3. The molecule has 5 nitrogen and oxygen atoms in total. The van der Waals surface area contributed by atoms with Gasteiger partial charge in [-0.05, 0) is 18.1 Å². The van der Waals surface area contributed by atoms with Crippen LogP contribution in [0.5, 0.6) is 0 Å². The van der Waals surface area contributed by atoms with Crippen LogP contribution < -0.4 is 11.1 Å². The Morgan fingerprint density at radius 3 is 2.32 bits per heavy atom. The second kappa shape index (κ2) is 9.43. The molecule has 0 spiro atoms. The number of amides is 1. The first-order valence-electron chi connectivity index (χ1n) is 8.90. The normalized spacial score (nSPS) is 23.5. The highest BCUT2D eigenvalue weighted by Gasteiger charge is 2.62. The van der Waals surface area contributed by atoms with Crippen molar-refractivity contribution in [2.24, 2.45) is 11.1 Å². The SMILES string of the molecule is CCOC1CC(N)(C(=O)NCc2ccc(COCC(F)(F)F)cc2)C1(C)C.Cl. The number of ether oxygens (including phenoxy) is 2. The zero-order chi connectivity index (χ0) is 20.3. The van der Waals surface area contributed by atoms with Crippen LogP contribution in [-0.2, 0) is 27.4 Å². The van der Waals surface area contributed by atoms with Crippen LogP contribution in [0.25, 0.3) is 0 Å². The fourth-order valence-electron chi connectivity index (χ4n) is 3.20. The van der Waals surface area contributed by atoms with E-state index in [1.807, 2.05) is 20.8 Å². The number of carbonyl (C=O) groups excluding carboxylic acids is 1. The third-order valence-electron chi connectivity index (χ3n) is 5.25. The van der Waals surface area contributed by atoms with Crippen molar-refractivity contribution < 1.29 is 27.4 Å². The standard InChI is InChI=1S/C19H27F3N2O3.ClH/c1-4-27-15-9-18(23,17(15,2)3)16(25)24-10-13-5-7-14(8-6-13)11-26-12-19(20,21)22;/h5-8,15H,4,9-12,23H2,1-3H3,(H,24,25);1H. The predicted molar refractivity (Wildman–Crippen MR) is 102 cm³/mol.